The van der Waals surface area contributed by atoms with Crippen molar-refractivity contribution in [2.75, 3.05) is 19.5 Å². The fourth-order valence-corrected chi connectivity index (χ4v) is 2.40. The highest BCUT2D eigenvalue weighted by atomic mass is 79.9. The smallest absolute Gasteiger partial charge is 0.112 e. The van der Waals surface area contributed by atoms with Crippen LogP contribution in [0.3, 0.4) is 0 Å². The Morgan fingerprint density at radius 3 is 3.00 bits per heavy atom. The first-order valence-electron chi connectivity index (χ1n) is 5.52. The molecule has 0 aliphatic carbocycles. The van der Waals surface area contributed by atoms with E-state index in [1.54, 1.807) is 7.11 Å². The maximum atomic E-state index is 5.92. The Morgan fingerprint density at radius 1 is 1.53 bits per heavy atom. The molecule has 0 fully saturated rings. The highest BCUT2D eigenvalue weighted by molar-refractivity contribution is 9.10. The summed E-state index contributed by atoms with van der Waals surface area (Å²) in [5, 5.41) is 0. The Hall–Kier alpha value is -1.07. The molecule has 2 rings (SSSR count). The third kappa shape index (κ3) is 2.79. The van der Waals surface area contributed by atoms with E-state index >= 15 is 0 Å². The van der Waals surface area contributed by atoms with E-state index < -0.39 is 0 Å². The molecule has 1 aromatic heterocycles. The third-order valence-corrected chi connectivity index (χ3v) is 3.08. The van der Waals surface area contributed by atoms with Gasteiger partial charge in [0.1, 0.15) is 11.3 Å². The average molecular weight is 298 g/mol. The molecule has 0 aliphatic rings. The van der Waals surface area contributed by atoms with Crippen molar-refractivity contribution in [2.45, 2.75) is 13.3 Å². The van der Waals surface area contributed by atoms with Crippen LogP contribution >= 0.6 is 15.9 Å². The van der Waals surface area contributed by atoms with Gasteiger partial charge in [-0.2, -0.15) is 0 Å². The molecule has 0 bridgehead atoms. The number of nitrogen functional groups attached to an aromatic ring is 1. The SMILES string of the molecule is COCC(C)Cc1nc2c(N)cc(Br)cc2[nH]1. The van der Waals surface area contributed by atoms with Crippen molar-refractivity contribution in [2.24, 2.45) is 5.92 Å². The summed E-state index contributed by atoms with van der Waals surface area (Å²) in [5.41, 5.74) is 8.42. The number of aromatic amines is 1. The van der Waals surface area contributed by atoms with E-state index in [2.05, 4.69) is 32.8 Å². The van der Waals surface area contributed by atoms with Gasteiger partial charge in [-0.05, 0) is 18.1 Å². The Kier molecular flexibility index (Phi) is 3.69. The largest absolute Gasteiger partial charge is 0.397 e. The van der Waals surface area contributed by atoms with Crippen molar-refractivity contribution in [1.82, 2.24) is 9.97 Å². The zero-order chi connectivity index (χ0) is 12.4. The molecule has 0 aliphatic heterocycles. The van der Waals surface area contributed by atoms with Gasteiger partial charge in [-0.3, -0.25) is 0 Å². The van der Waals surface area contributed by atoms with Gasteiger partial charge in [-0.25, -0.2) is 4.98 Å². The number of ether oxygens (including phenoxy) is 1. The zero-order valence-corrected chi connectivity index (χ0v) is 11.5. The highest BCUT2D eigenvalue weighted by Crippen LogP contribution is 2.24. The van der Waals surface area contributed by atoms with Crippen LogP contribution in [0.15, 0.2) is 16.6 Å². The predicted octanol–water partition coefficient (Wildman–Crippen LogP) is 2.73. The minimum atomic E-state index is 0.435. The second-order valence-corrected chi connectivity index (χ2v) is 5.25. The molecule has 0 saturated carbocycles. The normalized spacial score (nSPS) is 13.1. The molecule has 1 aromatic carbocycles. The molecule has 0 saturated heterocycles. The lowest BCUT2D eigenvalue weighted by molar-refractivity contribution is 0.159. The number of nitrogens with two attached hydrogens (primary N) is 1. The van der Waals surface area contributed by atoms with Crippen LogP contribution in [0.5, 0.6) is 0 Å². The topological polar surface area (TPSA) is 63.9 Å². The van der Waals surface area contributed by atoms with E-state index in [4.69, 9.17) is 10.5 Å². The standard InChI is InChI=1S/C12H16BrN3O/c1-7(6-17-2)3-11-15-10-5-8(13)4-9(14)12(10)16-11/h4-5,7H,3,6,14H2,1-2H3,(H,15,16). The molecular weight excluding hydrogens is 282 g/mol. The molecule has 3 N–H and O–H groups in total. The van der Waals surface area contributed by atoms with E-state index in [-0.39, 0.29) is 0 Å². The van der Waals surface area contributed by atoms with Crippen LogP contribution in [0.25, 0.3) is 11.0 Å². The Balaban J connectivity index is 2.28. The summed E-state index contributed by atoms with van der Waals surface area (Å²) in [4.78, 5) is 7.81. The van der Waals surface area contributed by atoms with Gasteiger partial charge in [0.05, 0.1) is 11.2 Å². The number of hydrogen-bond acceptors (Lipinski definition) is 3. The number of methoxy groups -OCH3 is 1. The first-order chi connectivity index (χ1) is 8.10. The van der Waals surface area contributed by atoms with E-state index in [0.29, 0.717) is 11.6 Å². The monoisotopic (exact) mass is 297 g/mol. The number of hydrogen-bond donors (Lipinski definition) is 2. The molecule has 4 nitrogen and oxygen atoms in total. The van der Waals surface area contributed by atoms with E-state index in [1.165, 1.54) is 0 Å². The quantitative estimate of drug-likeness (QED) is 0.853. The number of imidazole rings is 1. The molecule has 0 spiro atoms. The van der Waals surface area contributed by atoms with Gasteiger partial charge in [-0.1, -0.05) is 22.9 Å². The van der Waals surface area contributed by atoms with Gasteiger partial charge in [0.25, 0.3) is 0 Å². The fourth-order valence-electron chi connectivity index (χ4n) is 1.93. The number of anilines is 1. The van der Waals surface area contributed by atoms with Gasteiger partial charge in [0.2, 0.25) is 0 Å². The zero-order valence-electron chi connectivity index (χ0n) is 9.96. The Morgan fingerprint density at radius 2 is 2.29 bits per heavy atom. The van der Waals surface area contributed by atoms with Crippen LogP contribution in [0.1, 0.15) is 12.7 Å². The molecule has 5 heteroatoms. The number of fused-ring (bicyclic) bond motifs is 1. The van der Waals surface area contributed by atoms with E-state index in [0.717, 1.165) is 34.4 Å². The van der Waals surface area contributed by atoms with Gasteiger partial charge in [0, 0.05) is 24.6 Å². The van der Waals surface area contributed by atoms with Crippen molar-refractivity contribution < 1.29 is 4.74 Å². The van der Waals surface area contributed by atoms with Crippen molar-refractivity contribution in [3.63, 3.8) is 0 Å². The fraction of sp³-hybridized carbons (Fsp3) is 0.417. The number of halogens is 1. The molecule has 92 valence electrons. The van der Waals surface area contributed by atoms with Gasteiger partial charge in [-0.15, -0.1) is 0 Å². The summed E-state index contributed by atoms with van der Waals surface area (Å²) in [5.74, 6) is 1.39. The van der Waals surface area contributed by atoms with Crippen LogP contribution in [0.2, 0.25) is 0 Å². The minimum absolute atomic E-state index is 0.435. The summed E-state index contributed by atoms with van der Waals surface area (Å²) < 4.78 is 6.08. The van der Waals surface area contributed by atoms with Crippen LogP contribution < -0.4 is 5.73 Å². The van der Waals surface area contributed by atoms with Crippen LogP contribution in [0.4, 0.5) is 5.69 Å². The number of rotatable bonds is 4. The lowest BCUT2D eigenvalue weighted by Crippen LogP contribution is -2.07. The van der Waals surface area contributed by atoms with Crippen molar-refractivity contribution >= 4 is 32.7 Å². The second-order valence-electron chi connectivity index (χ2n) is 4.34. The molecule has 2 aromatic rings. The van der Waals surface area contributed by atoms with Crippen molar-refractivity contribution in [1.29, 1.82) is 0 Å². The number of nitrogens with one attached hydrogen (secondary N) is 1. The van der Waals surface area contributed by atoms with Crippen molar-refractivity contribution in [3.05, 3.63) is 22.4 Å². The maximum Gasteiger partial charge on any atom is 0.112 e. The molecule has 0 amide bonds. The number of H-pyrrole nitrogens is 1. The first kappa shape index (κ1) is 12.4. The van der Waals surface area contributed by atoms with Crippen LogP contribution in [-0.4, -0.2) is 23.7 Å². The molecule has 1 heterocycles. The first-order valence-corrected chi connectivity index (χ1v) is 6.32. The lowest BCUT2D eigenvalue weighted by atomic mass is 10.1. The number of benzene rings is 1. The van der Waals surface area contributed by atoms with Gasteiger partial charge >= 0.3 is 0 Å². The summed E-state index contributed by atoms with van der Waals surface area (Å²) in [6, 6.07) is 3.86. The maximum absolute atomic E-state index is 5.92. The van der Waals surface area contributed by atoms with Gasteiger partial charge < -0.3 is 15.5 Å². The van der Waals surface area contributed by atoms with Gasteiger partial charge in [0.15, 0.2) is 0 Å². The predicted molar refractivity (Wildman–Crippen MR) is 73.0 cm³/mol. The minimum Gasteiger partial charge on any atom is -0.397 e. The third-order valence-electron chi connectivity index (χ3n) is 2.62. The molecular formula is C12H16BrN3O. The Bertz CT molecular complexity index is 524. The summed E-state index contributed by atoms with van der Waals surface area (Å²) in [7, 11) is 1.71. The molecule has 0 radical (unpaired) electrons. The van der Waals surface area contributed by atoms with Crippen LogP contribution in [-0.2, 0) is 11.2 Å². The summed E-state index contributed by atoms with van der Waals surface area (Å²) in [6.07, 6.45) is 0.861. The van der Waals surface area contributed by atoms with Crippen molar-refractivity contribution in [3.8, 4) is 0 Å². The molecule has 1 atom stereocenters. The number of nitrogens with zero attached hydrogens (tertiary/aromatic N) is 1. The van der Waals surface area contributed by atoms with E-state index in [9.17, 15) is 0 Å². The molecule has 1 unspecified atom stereocenters. The van der Waals surface area contributed by atoms with E-state index in [1.807, 2.05) is 12.1 Å². The van der Waals surface area contributed by atoms with Crippen LogP contribution in [0, 0.1) is 5.92 Å². The Labute approximate surface area is 109 Å². The lowest BCUT2D eigenvalue weighted by Gasteiger charge is -2.06. The average Bonchev–Trinajstić information content (AvgIpc) is 2.60. The summed E-state index contributed by atoms with van der Waals surface area (Å²) >= 11 is 3.42. The number of aromatic nitrogens is 2. The second kappa shape index (κ2) is 5.06. The molecule has 17 heavy (non-hydrogen) atoms. The summed E-state index contributed by atoms with van der Waals surface area (Å²) in [6.45, 7) is 2.87. The highest BCUT2D eigenvalue weighted by Gasteiger charge is 2.10.